The van der Waals surface area contributed by atoms with E-state index in [4.69, 9.17) is 5.73 Å². The Kier molecular flexibility index (Phi) is 5.24. The highest BCUT2D eigenvalue weighted by molar-refractivity contribution is 7.22. The molecular formula is C16H17F3N4O3S. The summed E-state index contributed by atoms with van der Waals surface area (Å²) in [5, 5.41) is 5.69. The van der Waals surface area contributed by atoms with Crippen molar-refractivity contribution in [2.45, 2.75) is 37.6 Å². The maximum absolute atomic E-state index is 12.3. The molecule has 1 saturated carbocycles. The number of carbonyl (C=O) groups is 2. The van der Waals surface area contributed by atoms with Gasteiger partial charge in [0.15, 0.2) is 5.13 Å². The Labute approximate surface area is 156 Å². The number of benzene rings is 1. The number of anilines is 1. The number of alkyl halides is 3. The van der Waals surface area contributed by atoms with Crippen molar-refractivity contribution in [3.8, 4) is 5.75 Å². The number of hydrogen-bond donors (Lipinski definition) is 3. The van der Waals surface area contributed by atoms with Gasteiger partial charge in [-0.25, -0.2) is 4.98 Å². The fourth-order valence-corrected chi connectivity index (χ4v) is 3.83. The minimum Gasteiger partial charge on any atom is -0.406 e. The molecule has 1 aromatic heterocycles. The topological polar surface area (TPSA) is 106 Å². The van der Waals surface area contributed by atoms with E-state index in [0.717, 1.165) is 23.8 Å². The molecule has 3 rings (SSSR count). The fraction of sp³-hybridized carbons (Fsp3) is 0.438. The lowest BCUT2D eigenvalue weighted by Gasteiger charge is -2.42. The second kappa shape index (κ2) is 7.31. The van der Waals surface area contributed by atoms with Crippen LogP contribution in [0.4, 0.5) is 18.3 Å². The van der Waals surface area contributed by atoms with Crippen molar-refractivity contribution in [1.29, 1.82) is 0 Å². The van der Waals surface area contributed by atoms with Gasteiger partial charge in [0.1, 0.15) is 5.75 Å². The maximum Gasteiger partial charge on any atom is 0.573 e. The largest absolute Gasteiger partial charge is 0.573 e. The first kappa shape index (κ1) is 19.4. The Morgan fingerprint density at radius 1 is 1.30 bits per heavy atom. The lowest BCUT2D eigenvalue weighted by molar-refractivity contribution is -0.274. The first-order valence-corrected chi connectivity index (χ1v) is 8.97. The standard InChI is InChI=1S/C16H17F3N4O3S/c17-16(18,19)26-9-2-3-10-11(6-9)27-14(21-10)22-12(24)7-15(4-1-5-15)23-13(25)8-20/h2-3,6H,1,4-5,7-8,20H2,(H,23,25)(H,21,22,24). The summed E-state index contributed by atoms with van der Waals surface area (Å²) >= 11 is 1.04. The Morgan fingerprint density at radius 2 is 2.04 bits per heavy atom. The van der Waals surface area contributed by atoms with Crippen LogP contribution < -0.4 is 21.1 Å². The van der Waals surface area contributed by atoms with Gasteiger partial charge in [-0.15, -0.1) is 13.2 Å². The van der Waals surface area contributed by atoms with E-state index in [1.54, 1.807) is 0 Å². The minimum absolute atomic E-state index is 0.0805. The van der Waals surface area contributed by atoms with Crippen LogP contribution in [0.15, 0.2) is 18.2 Å². The highest BCUT2D eigenvalue weighted by Crippen LogP contribution is 2.36. The van der Waals surface area contributed by atoms with Crippen molar-refractivity contribution in [2.24, 2.45) is 5.73 Å². The molecule has 1 aliphatic carbocycles. The van der Waals surface area contributed by atoms with Crippen molar-refractivity contribution in [1.82, 2.24) is 10.3 Å². The molecule has 0 atom stereocenters. The van der Waals surface area contributed by atoms with E-state index < -0.39 is 11.9 Å². The van der Waals surface area contributed by atoms with Crippen LogP contribution >= 0.6 is 11.3 Å². The number of thiazole rings is 1. The molecule has 11 heteroatoms. The number of hydrogen-bond acceptors (Lipinski definition) is 6. The number of carbonyl (C=O) groups excluding carboxylic acids is 2. The molecule has 0 bridgehead atoms. The molecule has 2 aromatic rings. The van der Waals surface area contributed by atoms with Crippen molar-refractivity contribution in [3.05, 3.63) is 18.2 Å². The van der Waals surface area contributed by atoms with E-state index in [2.05, 4.69) is 20.4 Å². The molecular weight excluding hydrogens is 385 g/mol. The highest BCUT2D eigenvalue weighted by Gasteiger charge is 2.40. The van der Waals surface area contributed by atoms with Gasteiger partial charge < -0.3 is 21.1 Å². The van der Waals surface area contributed by atoms with Gasteiger partial charge in [0.25, 0.3) is 0 Å². The van der Waals surface area contributed by atoms with Gasteiger partial charge in [0.05, 0.1) is 23.2 Å². The maximum atomic E-state index is 12.3. The number of amides is 2. The van der Waals surface area contributed by atoms with Crippen LogP contribution in [-0.2, 0) is 9.59 Å². The molecule has 0 spiro atoms. The Morgan fingerprint density at radius 3 is 2.63 bits per heavy atom. The van der Waals surface area contributed by atoms with Crippen LogP contribution in [-0.4, -0.2) is 35.2 Å². The molecule has 0 saturated heterocycles. The van der Waals surface area contributed by atoms with E-state index >= 15 is 0 Å². The molecule has 27 heavy (non-hydrogen) atoms. The highest BCUT2D eigenvalue weighted by atomic mass is 32.1. The lowest BCUT2D eigenvalue weighted by atomic mass is 9.74. The Bertz CT molecular complexity index is 864. The summed E-state index contributed by atoms with van der Waals surface area (Å²) in [6.07, 6.45) is -2.42. The molecule has 0 radical (unpaired) electrons. The number of halogens is 3. The second-order valence-electron chi connectivity index (χ2n) is 6.31. The van der Waals surface area contributed by atoms with E-state index in [1.165, 1.54) is 12.1 Å². The molecule has 0 unspecified atom stereocenters. The van der Waals surface area contributed by atoms with E-state index in [-0.39, 0.29) is 35.7 Å². The predicted molar refractivity (Wildman–Crippen MR) is 93.3 cm³/mol. The summed E-state index contributed by atoms with van der Waals surface area (Å²) in [5.41, 5.74) is 5.16. The van der Waals surface area contributed by atoms with Crippen LogP contribution in [0.25, 0.3) is 10.2 Å². The molecule has 1 fully saturated rings. The first-order chi connectivity index (χ1) is 12.7. The predicted octanol–water partition coefficient (Wildman–Crippen LogP) is 2.52. The zero-order valence-electron chi connectivity index (χ0n) is 14.1. The second-order valence-corrected chi connectivity index (χ2v) is 7.34. The van der Waals surface area contributed by atoms with Gasteiger partial charge in [0.2, 0.25) is 11.8 Å². The Hall–Kier alpha value is -2.40. The normalized spacial score (nSPS) is 15.9. The van der Waals surface area contributed by atoms with Crippen LogP contribution in [0.5, 0.6) is 5.75 Å². The number of ether oxygens (including phenoxy) is 1. The zero-order chi connectivity index (χ0) is 19.7. The third kappa shape index (κ3) is 4.86. The molecule has 7 nitrogen and oxygen atoms in total. The molecule has 1 heterocycles. The summed E-state index contributed by atoms with van der Waals surface area (Å²) < 4.78 is 41.2. The van der Waals surface area contributed by atoms with Crippen LogP contribution in [0.1, 0.15) is 25.7 Å². The van der Waals surface area contributed by atoms with Gasteiger partial charge >= 0.3 is 6.36 Å². The lowest BCUT2D eigenvalue weighted by Crippen LogP contribution is -2.56. The summed E-state index contributed by atoms with van der Waals surface area (Å²) in [7, 11) is 0. The Balaban J connectivity index is 1.67. The van der Waals surface area contributed by atoms with Crippen LogP contribution in [0.3, 0.4) is 0 Å². The zero-order valence-corrected chi connectivity index (χ0v) is 14.9. The molecule has 1 aromatic carbocycles. The number of fused-ring (bicyclic) bond motifs is 1. The van der Waals surface area contributed by atoms with Crippen LogP contribution in [0.2, 0.25) is 0 Å². The number of rotatable bonds is 6. The average molecular weight is 402 g/mol. The molecule has 1 aliphatic rings. The van der Waals surface area contributed by atoms with Crippen molar-refractivity contribution >= 4 is 38.5 Å². The minimum atomic E-state index is -4.78. The first-order valence-electron chi connectivity index (χ1n) is 8.15. The number of nitrogens with two attached hydrogens (primary N) is 1. The van der Waals surface area contributed by atoms with E-state index in [1.807, 2.05) is 0 Å². The smallest absolute Gasteiger partial charge is 0.406 e. The van der Waals surface area contributed by atoms with E-state index in [9.17, 15) is 22.8 Å². The van der Waals surface area contributed by atoms with Gasteiger partial charge in [-0.3, -0.25) is 9.59 Å². The van der Waals surface area contributed by atoms with Crippen molar-refractivity contribution in [3.63, 3.8) is 0 Å². The number of nitrogens with one attached hydrogen (secondary N) is 2. The van der Waals surface area contributed by atoms with Gasteiger partial charge in [-0.1, -0.05) is 11.3 Å². The van der Waals surface area contributed by atoms with Gasteiger partial charge in [-0.05, 0) is 31.4 Å². The quantitative estimate of drug-likeness (QED) is 0.688. The monoisotopic (exact) mass is 402 g/mol. The summed E-state index contributed by atoms with van der Waals surface area (Å²) in [6, 6.07) is 3.76. The molecule has 0 aliphatic heterocycles. The SMILES string of the molecule is NCC(=O)NC1(CC(=O)Nc2nc3ccc(OC(F)(F)F)cc3s2)CCC1. The number of aromatic nitrogens is 1. The van der Waals surface area contributed by atoms with Gasteiger partial charge in [0, 0.05) is 11.6 Å². The van der Waals surface area contributed by atoms with Gasteiger partial charge in [-0.2, -0.15) is 0 Å². The average Bonchev–Trinajstić information content (AvgIpc) is 2.92. The fourth-order valence-electron chi connectivity index (χ4n) is 2.92. The van der Waals surface area contributed by atoms with Crippen molar-refractivity contribution < 1.29 is 27.5 Å². The molecule has 2 amide bonds. The van der Waals surface area contributed by atoms with Crippen molar-refractivity contribution in [2.75, 3.05) is 11.9 Å². The third-order valence-corrected chi connectivity index (χ3v) is 5.17. The van der Waals surface area contributed by atoms with Crippen LogP contribution in [0, 0.1) is 0 Å². The molecule has 4 N–H and O–H groups in total. The van der Waals surface area contributed by atoms with E-state index in [0.29, 0.717) is 23.1 Å². The third-order valence-electron chi connectivity index (χ3n) is 4.24. The molecule has 146 valence electrons. The summed E-state index contributed by atoms with van der Waals surface area (Å²) in [5.74, 6) is -1.01. The number of nitrogens with zero attached hydrogens (tertiary/aromatic N) is 1. The summed E-state index contributed by atoms with van der Waals surface area (Å²) in [4.78, 5) is 28.0. The summed E-state index contributed by atoms with van der Waals surface area (Å²) in [6.45, 7) is -0.149.